The van der Waals surface area contributed by atoms with Gasteiger partial charge in [0.05, 0.1) is 32.6 Å². The Bertz CT molecular complexity index is 178. The highest BCUT2D eigenvalue weighted by Crippen LogP contribution is 2.12. The fourth-order valence-corrected chi connectivity index (χ4v) is 2.96. The molecule has 3 heteroatoms. The topological polar surface area (TPSA) is 0 Å². The first-order valence-electron chi connectivity index (χ1n) is 8.08. The van der Waals surface area contributed by atoms with Gasteiger partial charge < -0.3 is 21.5 Å². The van der Waals surface area contributed by atoms with Crippen LogP contribution in [0.15, 0.2) is 0 Å². The number of hydrogen-bond acceptors (Lipinski definition) is 0. The Morgan fingerprint density at radius 3 is 1.63 bits per heavy atom. The van der Waals surface area contributed by atoms with Crippen LogP contribution in [0.1, 0.15) is 71.6 Å². The van der Waals surface area contributed by atoms with Gasteiger partial charge in [0.25, 0.3) is 0 Å². The quantitative estimate of drug-likeness (QED) is 0.270. The van der Waals surface area contributed by atoms with Crippen molar-refractivity contribution in [2.45, 2.75) is 71.6 Å². The Morgan fingerprint density at radius 2 is 1.11 bits per heavy atom. The van der Waals surface area contributed by atoms with E-state index in [4.69, 9.17) is 11.6 Å². The molecule has 0 aromatic heterocycles. The Hall–Kier alpha value is 0.730. The van der Waals surface area contributed by atoms with E-state index < -0.39 is 0 Å². The summed E-state index contributed by atoms with van der Waals surface area (Å²) in [5, 5.41) is 0. The van der Waals surface area contributed by atoms with Gasteiger partial charge in [-0.05, 0) is 25.7 Å². The highest BCUT2D eigenvalue weighted by atomic mass is 79.9. The molecule has 1 atom stereocenters. The van der Waals surface area contributed by atoms with Gasteiger partial charge in [-0.3, -0.25) is 0 Å². The average Bonchev–Trinajstić information content (AvgIpc) is 2.34. The third-order valence-corrected chi connectivity index (χ3v) is 4.15. The van der Waals surface area contributed by atoms with Crippen molar-refractivity contribution in [2.24, 2.45) is 0 Å². The second-order valence-corrected chi connectivity index (χ2v) is 6.33. The summed E-state index contributed by atoms with van der Waals surface area (Å²) in [5.74, 6) is 0.804. The molecular weight excluding hydrogens is 322 g/mol. The summed E-state index contributed by atoms with van der Waals surface area (Å²) in [6.07, 6.45) is 12.4. The first-order valence-corrected chi connectivity index (χ1v) is 8.61. The molecule has 19 heavy (non-hydrogen) atoms. The van der Waals surface area contributed by atoms with Gasteiger partial charge in [0.1, 0.15) is 0 Å². The van der Waals surface area contributed by atoms with E-state index in [-0.39, 0.29) is 17.0 Å². The van der Waals surface area contributed by atoms with E-state index in [1.54, 1.807) is 0 Å². The van der Waals surface area contributed by atoms with Crippen LogP contribution in [0, 0.1) is 0 Å². The molecule has 0 fully saturated rings. The van der Waals surface area contributed by atoms with Crippen molar-refractivity contribution in [3.8, 4) is 0 Å². The average molecular weight is 357 g/mol. The number of rotatable bonds is 13. The van der Waals surface area contributed by atoms with Crippen LogP contribution in [0.3, 0.4) is 0 Å². The molecule has 0 aliphatic heterocycles. The lowest BCUT2D eigenvalue weighted by atomic mass is 10.1. The van der Waals surface area contributed by atoms with Gasteiger partial charge in [-0.1, -0.05) is 46.0 Å². The SMILES string of the molecule is CCCCCCCC[N+](C)(CCCl)CCCCC.[Br-]. The lowest BCUT2D eigenvalue weighted by molar-refractivity contribution is -0.907. The van der Waals surface area contributed by atoms with Crippen LogP contribution >= 0.6 is 11.6 Å². The summed E-state index contributed by atoms with van der Waals surface area (Å²) in [6.45, 7) is 8.33. The van der Waals surface area contributed by atoms with Gasteiger partial charge >= 0.3 is 0 Å². The van der Waals surface area contributed by atoms with E-state index in [9.17, 15) is 0 Å². The Kier molecular flexibility index (Phi) is 17.5. The first-order chi connectivity index (χ1) is 8.68. The zero-order chi connectivity index (χ0) is 13.7. The minimum absolute atomic E-state index is 0. The minimum atomic E-state index is 0. The number of halogens is 2. The molecule has 0 aliphatic rings. The molecule has 0 aromatic rings. The highest BCUT2D eigenvalue weighted by molar-refractivity contribution is 6.17. The third kappa shape index (κ3) is 13.5. The van der Waals surface area contributed by atoms with E-state index in [1.165, 1.54) is 75.4 Å². The van der Waals surface area contributed by atoms with Gasteiger partial charge in [-0.15, -0.1) is 11.6 Å². The van der Waals surface area contributed by atoms with E-state index in [0.717, 1.165) is 12.4 Å². The molecule has 0 saturated carbocycles. The molecule has 0 heterocycles. The predicted molar refractivity (Wildman–Crippen MR) is 84.4 cm³/mol. The van der Waals surface area contributed by atoms with Gasteiger partial charge in [-0.2, -0.15) is 0 Å². The van der Waals surface area contributed by atoms with Gasteiger partial charge in [0.2, 0.25) is 0 Å². The second kappa shape index (κ2) is 15.1. The summed E-state index contributed by atoms with van der Waals surface area (Å²) >= 11 is 5.96. The molecule has 0 bridgehead atoms. The summed E-state index contributed by atoms with van der Waals surface area (Å²) in [5.41, 5.74) is 0. The summed E-state index contributed by atoms with van der Waals surface area (Å²) in [6, 6.07) is 0. The lowest BCUT2D eigenvalue weighted by Gasteiger charge is -2.34. The van der Waals surface area contributed by atoms with Crippen LogP contribution in [0.4, 0.5) is 0 Å². The van der Waals surface area contributed by atoms with Crippen LogP contribution in [0.25, 0.3) is 0 Å². The molecule has 0 rings (SSSR count). The maximum Gasteiger partial charge on any atom is 0.0922 e. The Morgan fingerprint density at radius 1 is 0.684 bits per heavy atom. The minimum Gasteiger partial charge on any atom is -1.00 e. The molecule has 0 radical (unpaired) electrons. The maximum atomic E-state index is 5.96. The summed E-state index contributed by atoms with van der Waals surface area (Å²) < 4.78 is 1.19. The van der Waals surface area contributed by atoms with Crippen molar-refractivity contribution in [1.29, 1.82) is 0 Å². The Balaban J connectivity index is 0. The molecule has 0 aliphatic carbocycles. The smallest absolute Gasteiger partial charge is 0.0922 e. The summed E-state index contributed by atoms with van der Waals surface area (Å²) in [4.78, 5) is 0. The molecule has 0 N–H and O–H groups in total. The van der Waals surface area contributed by atoms with Crippen molar-refractivity contribution >= 4 is 11.6 Å². The van der Waals surface area contributed by atoms with Gasteiger partial charge in [0.15, 0.2) is 0 Å². The second-order valence-electron chi connectivity index (χ2n) is 5.95. The first kappa shape index (κ1) is 22.0. The van der Waals surface area contributed by atoms with Crippen LogP contribution < -0.4 is 17.0 Å². The number of quaternary nitrogens is 1. The standard InChI is InChI=1S/C16H35ClN.BrH/c1-4-6-8-9-10-12-15-18(3,16-13-17)14-11-7-5-2;/h4-16H2,1-3H3;1H/q+1;/p-1. The van der Waals surface area contributed by atoms with Crippen molar-refractivity contribution in [3.05, 3.63) is 0 Å². The summed E-state index contributed by atoms with van der Waals surface area (Å²) in [7, 11) is 2.39. The zero-order valence-electron chi connectivity index (χ0n) is 13.4. The fraction of sp³-hybridized carbons (Fsp3) is 1.00. The molecule has 118 valence electrons. The molecule has 0 saturated heterocycles. The molecule has 0 aromatic carbocycles. The van der Waals surface area contributed by atoms with Gasteiger partial charge in [0, 0.05) is 0 Å². The molecule has 0 spiro atoms. The van der Waals surface area contributed by atoms with E-state index in [2.05, 4.69) is 20.9 Å². The molecule has 1 nitrogen and oxygen atoms in total. The molecular formula is C16H35BrClN. The van der Waals surface area contributed by atoms with Crippen LogP contribution in [-0.2, 0) is 0 Å². The van der Waals surface area contributed by atoms with Crippen LogP contribution in [0.5, 0.6) is 0 Å². The largest absolute Gasteiger partial charge is 1.00 e. The number of unbranched alkanes of at least 4 members (excludes halogenated alkanes) is 7. The zero-order valence-corrected chi connectivity index (χ0v) is 15.7. The van der Waals surface area contributed by atoms with Crippen molar-refractivity contribution in [2.75, 3.05) is 32.6 Å². The fourth-order valence-electron chi connectivity index (χ4n) is 2.56. The van der Waals surface area contributed by atoms with E-state index >= 15 is 0 Å². The lowest BCUT2D eigenvalue weighted by Crippen LogP contribution is -3.00. The van der Waals surface area contributed by atoms with E-state index in [1.807, 2.05) is 0 Å². The van der Waals surface area contributed by atoms with Crippen molar-refractivity contribution < 1.29 is 21.5 Å². The van der Waals surface area contributed by atoms with Crippen molar-refractivity contribution in [1.82, 2.24) is 0 Å². The molecule has 0 amide bonds. The number of alkyl halides is 1. The predicted octanol–water partition coefficient (Wildman–Crippen LogP) is 2.23. The van der Waals surface area contributed by atoms with E-state index in [0.29, 0.717) is 0 Å². The normalized spacial score (nSPS) is 13.9. The number of hydrogen-bond donors (Lipinski definition) is 0. The van der Waals surface area contributed by atoms with Gasteiger partial charge in [-0.25, -0.2) is 0 Å². The van der Waals surface area contributed by atoms with Crippen LogP contribution in [-0.4, -0.2) is 37.0 Å². The van der Waals surface area contributed by atoms with Crippen LogP contribution in [0.2, 0.25) is 0 Å². The Labute approximate surface area is 137 Å². The maximum absolute atomic E-state index is 5.96. The monoisotopic (exact) mass is 355 g/mol. The third-order valence-electron chi connectivity index (χ3n) is 3.98. The van der Waals surface area contributed by atoms with Crippen molar-refractivity contribution in [3.63, 3.8) is 0 Å². The molecule has 1 unspecified atom stereocenters. The highest BCUT2D eigenvalue weighted by Gasteiger charge is 2.19. The number of nitrogens with zero attached hydrogens (tertiary/aromatic N) is 1.